The summed E-state index contributed by atoms with van der Waals surface area (Å²) in [5.74, 6) is -0.636. The van der Waals surface area contributed by atoms with Crippen molar-refractivity contribution in [2.45, 2.75) is 59.0 Å². The largest absolute Gasteiger partial charge is 0.487 e. The number of allylic oxidation sites excluding steroid dienone is 2. The van der Waals surface area contributed by atoms with Gasteiger partial charge in [-0.3, -0.25) is 9.59 Å². The summed E-state index contributed by atoms with van der Waals surface area (Å²) in [6.45, 7) is 9.73. The van der Waals surface area contributed by atoms with E-state index in [1.54, 1.807) is 19.1 Å². The minimum atomic E-state index is -0.586. The summed E-state index contributed by atoms with van der Waals surface area (Å²) in [5.41, 5.74) is 3.28. The minimum Gasteiger partial charge on any atom is -0.487 e. The first-order chi connectivity index (χ1) is 16.6. The molecule has 0 saturated carbocycles. The molecule has 0 saturated heterocycles. The average molecular weight is 477 g/mol. The molecule has 4 nitrogen and oxygen atoms in total. The van der Waals surface area contributed by atoms with Crippen molar-refractivity contribution in [3.63, 3.8) is 0 Å². The number of Topliss-reactive ketones (excluding diaryl/α,β-unsaturated/α-hetero) is 1. The number of rotatable bonds is 6. The van der Waals surface area contributed by atoms with Gasteiger partial charge in [-0.15, -0.1) is 0 Å². The van der Waals surface area contributed by atoms with Crippen LogP contribution in [0.3, 0.4) is 0 Å². The van der Waals surface area contributed by atoms with Gasteiger partial charge in [0.1, 0.15) is 23.0 Å². The van der Waals surface area contributed by atoms with Gasteiger partial charge < -0.3 is 9.47 Å². The predicted octanol–water partition coefficient (Wildman–Crippen LogP) is 6.76. The number of fused-ring (bicyclic) bond motifs is 1. The highest BCUT2D eigenvalue weighted by Gasteiger charge is 2.40. The number of ketones is 1. The predicted molar refractivity (Wildman–Crippen MR) is 134 cm³/mol. The third kappa shape index (κ3) is 4.95. The Hall–Kier alpha value is -3.21. The van der Waals surface area contributed by atoms with E-state index in [0.717, 1.165) is 22.5 Å². The van der Waals surface area contributed by atoms with Crippen molar-refractivity contribution < 1.29 is 23.5 Å². The van der Waals surface area contributed by atoms with Crippen LogP contribution in [0.15, 0.2) is 71.5 Å². The molecule has 1 heterocycles. The number of benzene rings is 2. The highest BCUT2D eigenvalue weighted by molar-refractivity contribution is 5.90. The van der Waals surface area contributed by atoms with Crippen molar-refractivity contribution in [2.75, 3.05) is 6.61 Å². The van der Waals surface area contributed by atoms with Gasteiger partial charge in [-0.1, -0.05) is 62.4 Å². The lowest BCUT2D eigenvalue weighted by atomic mass is 9.75. The molecule has 35 heavy (non-hydrogen) atoms. The Morgan fingerprint density at radius 1 is 1.17 bits per heavy atom. The molecule has 0 radical (unpaired) electrons. The number of halogens is 1. The number of esters is 1. The first kappa shape index (κ1) is 24.9. The lowest BCUT2D eigenvalue weighted by Gasteiger charge is -2.40. The van der Waals surface area contributed by atoms with Crippen LogP contribution in [-0.2, 0) is 19.1 Å². The van der Waals surface area contributed by atoms with Gasteiger partial charge >= 0.3 is 5.97 Å². The highest BCUT2D eigenvalue weighted by Crippen LogP contribution is 2.43. The quantitative estimate of drug-likeness (QED) is 0.432. The number of carbonyl (C=O) groups excluding carboxylic acids is 2. The van der Waals surface area contributed by atoms with E-state index >= 15 is 0 Å². The summed E-state index contributed by atoms with van der Waals surface area (Å²) in [6, 6.07) is 14.2. The second-order valence-electron chi connectivity index (χ2n) is 10.0. The zero-order valence-corrected chi connectivity index (χ0v) is 21.1. The molecular formula is C30H33FO4. The first-order valence-corrected chi connectivity index (χ1v) is 12.3. The topological polar surface area (TPSA) is 52.6 Å². The van der Waals surface area contributed by atoms with Crippen LogP contribution in [-0.4, -0.2) is 24.0 Å². The van der Waals surface area contributed by atoms with Crippen LogP contribution in [0.2, 0.25) is 0 Å². The fourth-order valence-corrected chi connectivity index (χ4v) is 4.82. The summed E-state index contributed by atoms with van der Waals surface area (Å²) >= 11 is 0. The monoisotopic (exact) mass is 476 g/mol. The Morgan fingerprint density at radius 3 is 2.57 bits per heavy atom. The molecule has 184 valence electrons. The molecule has 5 heteroatoms. The molecule has 1 aliphatic heterocycles. The van der Waals surface area contributed by atoms with Crippen LogP contribution in [0.25, 0.3) is 11.1 Å². The van der Waals surface area contributed by atoms with E-state index in [-0.39, 0.29) is 30.0 Å². The fraction of sp³-hybridized carbons (Fsp3) is 0.400. The molecule has 0 amide bonds. The second kappa shape index (κ2) is 9.80. The van der Waals surface area contributed by atoms with Crippen LogP contribution in [0, 0.1) is 17.7 Å². The number of hydrogen-bond acceptors (Lipinski definition) is 4. The van der Waals surface area contributed by atoms with Crippen LogP contribution < -0.4 is 0 Å². The smallest absolute Gasteiger partial charge is 0.313 e. The van der Waals surface area contributed by atoms with E-state index in [1.807, 2.05) is 58.0 Å². The van der Waals surface area contributed by atoms with Gasteiger partial charge in [0, 0.05) is 35.8 Å². The fourth-order valence-electron chi connectivity index (χ4n) is 4.82. The van der Waals surface area contributed by atoms with Gasteiger partial charge in [-0.2, -0.15) is 0 Å². The van der Waals surface area contributed by atoms with E-state index in [4.69, 9.17) is 9.47 Å². The standard InChI is InChI=1S/C30H33FO4/c1-18-19(2)28-24(21(4)27(18)32)13-14-30(5,35-28)15-16-34-29(33)20(3)23-11-12-25(26(31)17-23)22-9-7-6-8-10-22/h6-13,17-18,20-21H,14-16H2,1-5H3. The molecule has 4 unspecified atom stereocenters. The lowest BCUT2D eigenvalue weighted by molar-refractivity contribution is -0.146. The Bertz CT molecular complexity index is 1200. The molecular weight excluding hydrogens is 443 g/mol. The molecule has 2 aromatic carbocycles. The normalized spacial score (nSPS) is 24.9. The Morgan fingerprint density at radius 2 is 1.89 bits per heavy atom. The van der Waals surface area contributed by atoms with Crippen LogP contribution >= 0.6 is 0 Å². The SMILES string of the molecule is CC1=C2OC(C)(CCOC(=O)C(C)c3ccc(-c4ccccc4)c(F)c3)CC=C2C(C)C(=O)C1C. The van der Waals surface area contributed by atoms with E-state index in [9.17, 15) is 14.0 Å². The van der Waals surface area contributed by atoms with E-state index < -0.39 is 17.5 Å². The molecule has 0 bridgehead atoms. The van der Waals surface area contributed by atoms with Crippen molar-refractivity contribution in [1.82, 2.24) is 0 Å². The summed E-state index contributed by atoms with van der Waals surface area (Å²) in [4.78, 5) is 25.2. The minimum absolute atomic E-state index is 0.160. The molecule has 2 aromatic rings. The third-order valence-corrected chi connectivity index (χ3v) is 7.50. The van der Waals surface area contributed by atoms with E-state index in [0.29, 0.717) is 24.0 Å². The van der Waals surface area contributed by atoms with E-state index in [2.05, 4.69) is 6.08 Å². The molecule has 0 N–H and O–H groups in total. The van der Waals surface area contributed by atoms with Crippen molar-refractivity contribution in [2.24, 2.45) is 11.8 Å². The summed E-state index contributed by atoms with van der Waals surface area (Å²) in [6.07, 6.45) is 3.26. The maximum atomic E-state index is 14.8. The molecule has 4 rings (SSSR count). The molecule has 0 fully saturated rings. The van der Waals surface area contributed by atoms with Crippen molar-refractivity contribution >= 4 is 11.8 Å². The van der Waals surface area contributed by atoms with Gasteiger partial charge in [0.05, 0.1) is 12.5 Å². The number of hydrogen-bond donors (Lipinski definition) is 0. The maximum absolute atomic E-state index is 14.8. The average Bonchev–Trinajstić information content (AvgIpc) is 2.86. The molecule has 2 aliphatic rings. The number of carbonyl (C=O) groups is 2. The lowest BCUT2D eigenvalue weighted by Crippen LogP contribution is -2.38. The zero-order chi connectivity index (χ0) is 25.3. The van der Waals surface area contributed by atoms with Gasteiger partial charge in [0.25, 0.3) is 0 Å². The molecule has 1 aliphatic carbocycles. The second-order valence-corrected chi connectivity index (χ2v) is 10.0. The number of ether oxygens (including phenoxy) is 2. The first-order valence-electron chi connectivity index (χ1n) is 12.3. The van der Waals surface area contributed by atoms with Gasteiger partial charge in [-0.25, -0.2) is 4.39 Å². The van der Waals surface area contributed by atoms with E-state index in [1.165, 1.54) is 6.07 Å². The van der Waals surface area contributed by atoms with Crippen molar-refractivity contribution in [1.29, 1.82) is 0 Å². The summed E-state index contributed by atoms with van der Waals surface area (Å²) in [7, 11) is 0. The van der Waals surface area contributed by atoms with Crippen molar-refractivity contribution in [3.8, 4) is 11.1 Å². The Balaban J connectivity index is 1.37. The van der Waals surface area contributed by atoms with Crippen LogP contribution in [0.1, 0.15) is 58.9 Å². The maximum Gasteiger partial charge on any atom is 0.313 e. The summed E-state index contributed by atoms with van der Waals surface area (Å²) < 4.78 is 26.7. The Kier molecular flexibility index (Phi) is 6.98. The Labute approximate surface area is 206 Å². The van der Waals surface area contributed by atoms with Gasteiger partial charge in [0.2, 0.25) is 0 Å². The molecule has 4 atom stereocenters. The van der Waals surface area contributed by atoms with Crippen molar-refractivity contribution in [3.05, 3.63) is 82.9 Å². The molecule has 0 spiro atoms. The van der Waals surface area contributed by atoms with Gasteiger partial charge in [0.15, 0.2) is 0 Å². The van der Waals surface area contributed by atoms with Crippen LogP contribution in [0.5, 0.6) is 0 Å². The van der Waals surface area contributed by atoms with Gasteiger partial charge in [-0.05, 0) is 43.5 Å². The third-order valence-electron chi connectivity index (χ3n) is 7.50. The summed E-state index contributed by atoms with van der Waals surface area (Å²) in [5, 5.41) is 0. The van der Waals surface area contributed by atoms with Crippen LogP contribution in [0.4, 0.5) is 4.39 Å². The molecule has 0 aromatic heterocycles. The highest BCUT2D eigenvalue weighted by atomic mass is 19.1. The zero-order valence-electron chi connectivity index (χ0n) is 21.1.